The van der Waals surface area contributed by atoms with Crippen molar-refractivity contribution in [2.24, 2.45) is 0 Å². The minimum atomic E-state index is -0.376. The normalized spacial score (nSPS) is 14.5. The quantitative estimate of drug-likeness (QED) is 0.819. The molecule has 2 aromatic heterocycles. The molecule has 104 valence electrons. The van der Waals surface area contributed by atoms with Crippen LogP contribution in [0.3, 0.4) is 0 Å². The Morgan fingerprint density at radius 1 is 1.47 bits per heavy atom. The zero-order chi connectivity index (χ0) is 13.7. The number of hydrogen-bond donors (Lipinski definition) is 2. The van der Waals surface area contributed by atoms with E-state index in [9.17, 15) is 5.11 Å². The van der Waals surface area contributed by atoms with Crippen molar-refractivity contribution in [2.75, 3.05) is 0 Å². The largest absolute Gasteiger partial charge is 0.388 e. The van der Waals surface area contributed by atoms with E-state index in [1.807, 2.05) is 34.5 Å². The van der Waals surface area contributed by atoms with Gasteiger partial charge in [0, 0.05) is 30.2 Å². The van der Waals surface area contributed by atoms with E-state index >= 15 is 0 Å². The fourth-order valence-electron chi connectivity index (χ4n) is 2.09. The van der Waals surface area contributed by atoms with Crippen LogP contribution in [0.25, 0.3) is 0 Å². The Morgan fingerprint density at radius 2 is 2.32 bits per heavy atom. The van der Waals surface area contributed by atoms with E-state index < -0.39 is 0 Å². The average Bonchev–Trinajstić information content (AvgIpc) is 3.07. The molecular formula is C14H21N3OS. The molecule has 0 bridgehead atoms. The van der Waals surface area contributed by atoms with Crippen LogP contribution in [0.5, 0.6) is 0 Å². The number of rotatable bonds is 7. The molecule has 2 unspecified atom stereocenters. The fraction of sp³-hybridized carbons (Fsp3) is 0.500. The van der Waals surface area contributed by atoms with Gasteiger partial charge >= 0.3 is 0 Å². The van der Waals surface area contributed by atoms with Crippen LogP contribution in [-0.4, -0.2) is 20.9 Å². The zero-order valence-corrected chi connectivity index (χ0v) is 12.2. The van der Waals surface area contributed by atoms with Crippen molar-refractivity contribution in [3.05, 3.63) is 40.3 Å². The molecule has 2 atom stereocenters. The maximum Gasteiger partial charge on any atom is 0.0896 e. The molecule has 5 heteroatoms. The van der Waals surface area contributed by atoms with Crippen molar-refractivity contribution in [1.29, 1.82) is 0 Å². The van der Waals surface area contributed by atoms with E-state index in [-0.39, 0.29) is 12.1 Å². The minimum absolute atomic E-state index is 0.261. The van der Waals surface area contributed by atoms with E-state index in [1.165, 1.54) is 5.69 Å². The average molecular weight is 279 g/mol. The predicted octanol–water partition coefficient (Wildman–Crippen LogP) is 2.57. The Labute approximate surface area is 118 Å². The second-order valence-electron chi connectivity index (χ2n) is 4.69. The molecular weight excluding hydrogens is 258 g/mol. The van der Waals surface area contributed by atoms with Gasteiger partial charge in [-0.2, -0.15) is 5.10 Å². The third-order valence-corrected chi connectivity index (χ3v) is 4.16. The van der Waals surface area contributed by atoms with E-state index in [0.29, 0.717) is 0 Å². The summed E-state index contributed by atoms with van der Waals surface area (Å²) in [5, 5.41) is 19.8. The van der Waals surface area contributed by atoms with Crippen molar-refractivity contribution >= 4 is 11.3 Å². The smallest absolute Gasteiger partial charge is 0.0896 e. The van der Waals surface area contributed by atoms with E-state index in [0.717, 1.165) is 24.4 Å². The number of aliphatic hydroxyl groups is 1. The lowest BCUT2D eigenvalue weighted by Crippen LogP contribution is -2.28. The van der Waals surface area contributed by atoms with E-state index in [2.05, 4.69) is 24.3 Å². The summed E-state index contributed by atoms with van der Waals surface area (Å²) in [6.07, 6.45) is 2.17. The van der Waals surface area contributed by atoms with Gasteiger partial charge in [0.2, 0.25) is 0 Å². The molecule has 4 nitrogen and oxygen atoms in total. The van der Waals surface area contributed by atoms with Gasteiger partial charge in [-0.1, -0.05) is 6.07 Å². The molecule has 0 spiro atoms. The molecule has 0 saturated carbocycles. The fourth-order valence-corrected chi connectivity index (χ4v) is 2.81. The Hall–Kier alpha value is -1.17. The van der Waals surface area contributed by atoms with Gasteiger partial charge in [-0.05, 0) is 37.8 Å². The molecule has 0 aromatic carbocycles. The first-order valence-electron chi connectivity index (χ1n) is 6.66. The first-order chi connectivity index (χ1) is 9.20. The molecule has 0 fully saturated rings. The van der Waals surface area contributed by atoms with Crippen LogP contribution in [0.4, 0.5) is 0 Å². The Balaban J connectivity index is 1.80. The molecule has 19 heavy (non-hydrogen) atoms. The highest BCUT2D eigenvalue weighted by Crippen LogP contribution is 2.22. The Morgan fingerprint density at radius 3 is 3.00 bits per heavy atom. The summed E-state index contributed by atoms with van der Waals surface area (Å²) in [4.78, 5) is 1.03. The summed E-state index contributed by atoms with van der Waals surface area (Å²) < 4.78 is 1.98. The van der Waals surface area contributed by atoms with Crippen LogP contribution < -0.4 is 5.32 Å². The molecule has 0 aliphatic heterocycles. The highest BCUT2D eigenvalue weighted by molar-refractivity contribution is 7.10. The molecule has 0 saturated heterocycles. The second kappa shape index (κ2) is 6.84. The standard InChI is InChI=1S/C14H21N3OS/c1-3-17-12(6-7-16-17)10-15-11(2)9-13(18)14-5-4-8-19-14/h4-8,11,13,15,18H,3,9-10H2,1-2H3. The Bertz CT molecular complexity index is 481. The number of thiophene rings is 1. The van der Waals surface area contributed by atoms with Crippen LogP contribution >= 0.6 is 11.3 Å². The van der Waals surface area contributed by atoms with Crippen molar-refractivity contribution < 1.29 is 5.11 Å². The molecule has 2 rings (SSSR count). The van der Waals surface area contributed by atoms with Gasteiger partial charge < -0.3 is 10.4 Å². The van der Waals surface area contributed by atoms with Crippen molar-refractivity contribution in [1.82, 2.24) is 15.1 Å². The van der Waals surface area contributed by atoms with Crippen molar-refractivity contribution in [2.45, 2.75) is 45.5 Å². The third-order valence-electron chi connectivity index (χ3n) is 3.18. The summed E-state index contributed by atoms with van der Waals surface area (Å²) in [5.41, 5.74) is 1.18. The lowest BCUT2D eigenvalue weighted by Gasteiger charge is -2.17. The van der Waals surface area contributed by atoms with Crippen LogP contribution in [0.15, 0.2) is 29.8 Å². The van der Waals surface area contributed by atoms with Gasteiger partial charge in [0.05, 0.1) is 11.8 Å². The summed E-state index contributed by atoms with van der Waals surface area (Å²) in [5.74, 6) is 0. The van der Waals surface area contributed by atoms with E-state index in [4.69, 9.17) is 0 Å². The van der Waals surface area contributed by atoms with Gasteiger partial charge in [0.1, 0.15) is 0 Å². The summed E-state index contributed by atoms with van der Waals surface area (Å²) >= 11 is 1.60. The van der Waals surface area contributed by atoms with Gasteiger partial charge in [-0.3, -0.25) is 4.68 Å². The summed E-state index contributed by atoms with van der Waals surface area (Å²) in [6, 6.07) is 6.24. The third kappa shape index (κ3) is 3.89. The molecule has 0 aliphatic carbocycles. The highest BCUT2D eigenvalue weighted by atomic mass is 32.1. The molecule has 2 N–H and O–H groups in total. The molecule has 2 aromatic rings. The first kappa shape index (κ1) is 14.2. The van der Waals surface area contributed by atoms with Crippen LogP contribution in [0.2, 0.25) is 0 Å². The monoisotopic (exact) mass is 279 g/mol. The summed E-state index contributed by atoms with van der Waals surface area (Å²) in [7, 11) is 0. The first-order valence-corrected chi connectivity index (χ1v) is 7.54. The lowest BCUT2D eigenvalue weighted by molar-refractivity contribution is 0.157. The molecule has 2 heterocycles. The van der Waals surface area contributed by atoms with Gasteiger partial charge in [-0.25, -0.2) is 0 Å². The lowest BCUT2D eigenvalue weighted by atomic mass is 10.1. The maximum absolute atomic E-state index is 10.1. The van der Waals surface area contributed by atoms with Gasteiger partial charge in [-0.15, -0.1) is 11.3 Å². The SMILES string of the molecule is CCn1nccc1CNC(C)CC(O)c1cccs1. The second-order valence-corrected chi connectivity index (χ2v) is 5.67. The van der Waals surface area contributed by atoms with Gasteiger partial charge in [0.15, 0.2) is 0 Å². The van der Waals surface area contributed by atoms with Gasteiger partial charge in [0.25, 0.3) is 0 Å². The molecule has 0 radical (unpaired) electrons. The number of aryl methyl sites for hydroxylation is 1. The number of nitrogens with one attached hydrogen (secondary N) is 1. The van der Waals surface area contributed by atoms with Crippen LogP contribution in [0.1, 0.15) is 36.9 Å². The maximum atomic E-state index is 10.1. The van der Waals surface area contributed by atoms with Crippen molar-refractivity contribution in [3.8, 4) is 0 Å². The molecule has 0 aliphatic rings. The zero-order valence-electron chi connectivity index (χ0n) is 11.4. The van der Waals surface area contributed by atoms with E-state index in [1.54, 1.807) is 11.3 Å². The number of nitrogens with zero attached hydrogens (tertiary/aromatic N) is 2. The number of aromatic nitrogens is 2. The Kier molecular flexibility index (Phi) is 5.13. The van der Waals surface area contributed by atoms with Crippen LogP contribution in [-0.2, 0) is 13.1 Å². The molecule has 0 amide bonds. The summed E-state index contributed by atoms with van der Waals surface area (Å²) in [6.45, 7) is 5.85. The predicted molar refractivity (Wildman–Crippen MR) is 78.1 cm³/mol. The van der Waals surface area contributed by atoms with Crippen LogP contribution in [0, 0.1) is 0 Å². The number of aliphatic hydroxyl groups excluding tert-OH is 1. The van der Waals surface area contributed by atoms with Crippen molar-refractivity contribution in [3.63, 3.8) is 0 Å². The number of hydrogen-bond acceptors (Lipinski definition) is 4. The topological polar surface area (TPSA) is 50.1 Å². The highest BCUT2D eigenvalue weighted by Gasteiger charge is 2.13. The minimum Gasteiger partial charge on any atom is -0.388 e.